The van der Waals surface area contributed by atoms with Crippen LogP contribution >= 0.6 is 0 Å². The third-order valence-electron chi connectivity index (χ3n) is 9.17. The van der Waals surface area contributed by atoms with Crippen LogP contribution in [0.4, 0.5) is 5.69 Å². The van der Waals surface area contributed by atoms with Crippen LogP contribution in [-0.2, 0) is 11.2 Å². The minimum Gasteiger partial charge on any atom is -0.398 e. The fraction of sp³-hybridized carbons (Fsp3) is 0.543. The lowest BCUT2D eigenvalue weighted by atomic mass is 9.68. The van der Waals surface area contributed by atoms with E-state index in [-0.39, 0.29) is 17.6 Å². The van der Waals surface area contributed by atoms with Gasteiger partial charge in [-0.1, -0.05) is 44.2 Å². The molecule has 2 aliphatic rings. The van der Waals surface area contributed by atoms with Gasteiger partial charge in [-0.2, -0.15) is 0 Å². The number of carbonyl (C=O) groups excluding carboxylic acids is 2. The Morgan fingerprint density at radius 3 is 1.82 bits per heavy atom. The maximum absolute atomic E-state index is 13.0. The standard InChI is InChI=1S/C33H43NO2.C2H6/c1-21-8-9-30(20-31(21)34)33(36)29-16-12-27(13-17-29)26-10-14-28(15-11-26)32(35)7-5-6-25-18-22(2)24(4)23(3)19-25;1-2/h5,7-9,18-20,26-29H,6,10-17,34H2,1-4H3;1-2H3. The predicted octanol–water partition coefficient (Wildman–Crippen LogP) is 8.69. The molecule has 0 aliphatic heterocycles. The monoisotopic (exact) mass is 515 g/mol. The lowest BCUT2D eigenvalue weighted by Gasteiger charge is -2.37. The number of rotatable bonds is 7. The molecule has 2 aromatic carbocycles. The van der Waals surface area contributed by atoms with Gasteiger partial charge in [0, 0.05) is 23.1 Å². The van der Waals surface area contributed by atoms with Crippen molar-refractivity contribution in [1.29, 1.82) is 0 Å². The molecule has 0 heterocycles. The smallest absolute Gasteiger partial charge is 0.166 e. The predicted molar refractivity (Wildman–Crippen MR) is 161 cm³/mol. The zero-order valence-corrected chi connectivity index (χ0v) is 24.6. The first-order valence-electron chi connectivity index (χ1n) is 14.9. The topological polar surface area (TPSA) is 60.2 Å². The van der Waals surface area contributed by atoms with Crippen molar-refractivity contribution >= 4 is 17.3 Å². The fourth-order valence-electron chi connectivity index (χ4n) is 6.45. The van der Waals surface area contributed by atoms with E-state index < -0.39 is 0 Å². The number of allylic oxidation sites excluding steroid dienone is 2. The number of hydrogen-bond donors (Lipinski definition) is 1. The molecule has 2 aromatic rings. The first-order valence-corrected chi connectivity index (χ1v) is 14.9. The van der Waals surface area contributed by atoms with Crippen molar-refractivity contribution in [2.75, 3.05) is 5.73 Å². The molecule has 3 nitrogen and oxygen atoms in total. The minimum absolute atomic E-state index is 0.132. The Labute approximate surface area is 231 Å². The lowest BCUT2D eigenvalue weighted by Crippen LogP contribution is -2.29. The van der Waals surface area contributed by atoms with E-state index in [1.807, 2.05) is 45.0 Å². The summed E-state index contributed by atoms with van der Waals surface area (Å²) < 4.78 is 0. The van der Waals surface area contributed by atoms with E-state index in [2.05, 4.69) is 39.0 Å². The molecule has 2 saturated carbocycles. The van der Waals surface area contributed by atoms with Crippen LogP contribution in [0.25, 0.3) is 0 Å². The van der Waals surface area contributed by atoms with Crippen LogP contribution in [0.15, 0.2) is 42.5 Å². The minimum atomic E-state index is 0.132. The van der Waals surface area contributed by atoms with Gasteiger partial charge in [0.2, 0.25) is 0 Å². The van der Waals surface area contributed by atoms with Crippen molar-refractivity contribution < 1.29 is 9.59 Å². The van der Waals surface area contributed by atoms with Crippen LogP contribution in [0.1, 0.15) is 103 Å². The Bertz CT molecular complexity index is 1110. The quantitative estimate of drug-likeness (QED) is 0.228. The van der Waals surface area contributed by atoms with Crippen molar-refractivity contribution in [3.63, 3.8) is 0 Å². The van der Waals surface area contributed by atoms with Crippen LogP contribution in [0.2, 0.25) is 0 Å². The van der Waals surface area contributed by atoms with Crippen LogP contribution in [0.5, 0.6) is 0 Å². The van der Waals surface area contributed by atoms with Gasteiger partial charge in [0.15, 0.2) is 11.6 Å². The summed E-state index contributed by atoms with van der Waals surface area (Å²) in [5.74, 6) is 2.30. The van der Waals surface area contributed by atoms with Crippen LogP contribution in [-0.4, -0.2) is 11.6 Å². The lowest BCUT2D eigenvalue weighted by molar-refractivity contribution is -0.119. The largest absolute Gasteiger partial charge is 0.398 e. The number of anilines is 1. The Kier molecular flexibility index (Phi) is 10.9. The third kappa shape index (κ3) is 7.46. The number of nitrogen functional groups attached to an aromatic ring is 1. The van der Waals surface area contributed by atoms with Gasteiger partial charge in [-0.05, 0) is 137 Å². The number of carbonyl (C=O) groups is 2. The number of aryl methyl sites for hydroxylation is 3. The van der Waals surface area contributed by atoms with Gasteiger partial charge in [0.1, 0.15) is 0 Å². The fourth-order valence-corrected chi connectivity index (χ4v) is 6.45. The Hall–Kier alpha value is -2.68. The Balaban J connectivity index is 0.00000195. The second kappa shape index (κ2) is 13.9. The van der Waals surface area contributed by atoms with Crippen molar-refractivity contribution in [3.8, 4) is 0 Å². The summed E-state index contributed by atoms with van der Waals surface area (Å²) in [7, 11) is 0. The van der Waals surface area contributed by atoms with Crippen LogP contribution in [0.3, 0.4) is 0 Å². The summed E-state index contributed by atoms with van der Waals surface area (Å²) in [4.78, 5) is 25.8. The van der Waals surface area contributed by atoms with Gasteiger partial charge in [-0.25, -0.2) is 0 Å². The van der Waals surface area contributed by atoms with Gasteiger partial charge in [-0.3, -0.25) is 9.59 Å². The van der Waals surface area contributed by atoms with Gasteiger partial charge >= 0.3 is 0 Å². The molecule has 2 N–H and O–H groups in total. The van der Waals surface area contributed by atoms with Crippen molar-refractivity contribution in [1.82, 2.24) is 0 Å². The molecule has 3 heteroatoms. The zero-order chi connectivity index (χ0) is 27.8. The molecule has 38 heavy (non-hydrogen) atoms. The summed E-state index contributed by atoms with van der Waals surface area (Å²) in [6.45, 7) is 12.4. The van der Waals surface area contributed by atoms with E-state index in [1.165, 1.54) is 22.3 Å². The van der Waals surface area contributed by atoms with Gasteiger partial charge in [-0.15, -0.1) is 0 Å². The second-order valence-corrected chi connectivity index (χ2v) is 11.5. The van der Waals surface area contributed by atoms with E-state index >= 15 is 0 Å². The van der Waals surface area contributed by atoms with Crippen molar-refractivity contribution in [3.05, 3.63) is 75.9 Å². The van der Waals surface area contributed by atoms with E-state index in [0.29, 0.717) is 23.3 Å². The first kappa shape index (κ1) is 29.9. The molecule has 4 rings (SSSR count). The molecular weight excluding hydrogens is 466 g/mol. The highest BCUT2D eigenvalue weighted by Crippen LogP contribution is 2.42. The van der Waals surface area contributed by atoms with E-state index in [0.717, 1.165) is 68.9 Å². The third-order valence-corrected chi connectivity index (χ3v) is 9.17. The molecule has 2 fully saturated rings. The van der Waals surface area contributed by atoms with Crippen molar-refractivity contribution in [2.45, 2.75) is 99.3 Å². The maximum Gasteiger partial charge on any atom is 0.166 e. The molecular formula is C35H49NO2. The number of nitrogens with two attached hydrogens (primary N) is 1. The molecule has 0 bridgehead atoms. The van der Waals surface area contributed by atoms with Gasteiger partial charge in [0.05, 0.1) is 0 Å². The molecule has 0 saturated heterocycles. The number of Topliss-reactive ketones (excluding diaryl/α,β-unsaturated/α-hetero) is 1. The second-order valence-electron chi connectivity index (χ2n) is 11.5. The van der Waals surface area contributed by atoms with E-state index in [1.54, 1.807) is 0 Å². The maximum atomic E-state index is 13.0. The highest BCUT2D eigenvalue weighted by Gasteiger charge is 2.34. The summed E-state index contributed by atoms with van der Waals surface area (Å²) in [6, 6.07) is 10.2. The number of hydrogen-bond acceptors (Lipinski definition) is 3. The van der Waals surface area contributed by atoms with Gasteiger partial charge in [0.25, 0.3) is 0 Å². The molecule has 0 unspecified atom stereocenters. The summed E-state index contributed by atoms with van der Waals surface area (Å²) >= 11 is 0. The summed E-state index contributed by atoms with van der Waals surface area (Å²) in [5.41, 5.74) is 13.8. The first-order chi connectivity index (χ1) is 18.2. The van der Waals surface area contributed by atoms with E-state index in [9.17, 15) is 9.59 Å². The summed E-state index contributed by atoms with van der Waals surface area (Å²) in [5, 5.41) is 0. The normalized spacial score (nSPS) is 23.5. The number of benzene rings is 2. The molecule has 206 valence electrons. The highest BCUT2D eigenvalue weighted by atomic mass is 16.1. The average molecular weight is 516 g/mol. The molecule has 0 aromatic heterocycles. The Morgan fingerprint density at radius 2 is 1.29 bits per heavy atom. The van der Waals surface area contributed by atoms with Gasteiger partial charge < -0.3 is 5.73 Å². The van der Waals surface area contributed by atoms with Crippen LogP contribution < -0.4 is 5.73 Å². The van der Waals surface area contributed by atoms with Crippen LogP contribution in [0, 0.1) is 51.4 Å². The molecule has 0 amide bonds. The summed E-state index contributed by atoms with van der Waals surface area (Å²) in [6.07, 6.45) is 13.3. The van der Waals surface area contributed by atoms with E-state index in [4.69, 9.17) is 5.73 Å². The zero-order valence-electron chi connectivity index (χ0n) is 24.6. The Morgan fingerprint density at radius 1 is 0.763 bits per heavy atom. The molecule has 0 spiro atoms. The molecule has 2 aliphatic carbocycles. The van der Waals surface area contributed by atoms with Crippen molar-refractivity contribution in [2.24, 2.45) is 23.7 Å². The SMILES string of the molecule is CC.Cc1ccc(C(=O)C2CCC(C3CCC(C(=O)C=CCc4cc(C)c(C)c(C)c4)CC3)CC2)cc1N. The molecule has 0 radical (unpaired) electrons. The average Bonchev–Trinajstić information content (AvgIpc) is 2.94. The molecule has 0 atom stereocenters. The highest BCUT2D eigenvalue weighted by molar-refractivity contribution is 5.98. The number of ketones is 2.